The van der Waals surface area contributed by atoms with Gasteiger partial charge in [-0.2, -0.15) is 0 Å². The van der Waals surface area contributed by atoms with Gasteiger partial charge >= 0.3 is 0 Å². The Balaban J connectivity index is 2.56. The molecule has 1 nitrogen and oxygen atoms in total. The molecule has 0 aromatic rings. The van der Waals surface area contributed by atoms with E-state index in [-0.39, 0.29) is 6.10 Å². The second-order valence-electron chi connectivity index (χ2n) is 3.41. The minimum atomic E-state index is 0.283. The van der Waals surface area contributed by atoms with E-state index in [0.717, 1.165) is 0 Å². The Morgan fingerprint density at radius 3 is 2.75 bits per heavy atom. The van der Waals surface area contributed by atoms with Gasteiger partial charge in [0.2, 0.25) is 0 Å². The molecule has 0 spiro atoms. The number of rotatable bonds is 3. The summed E-state index contributed by atoms with van der Waals surface area (Å²) in [7, 11) is 1.77. The number of hydrogen-bond donors (Lipinski definition) is 0. The summed E-state index contributed by atoms with van der Waals surface area (Å²) in [5, 5.41) is 0. The van der Waals surface area contributed by atoms with Gasteiger partial charge in [0.05, 0.1) is 6.10 Å². The highest BCUT2D eigenvalue weighted by molar-refractivity contribution is 5.25. The van der Waals surface area contributed by atoms with Crippen LogP contribution in [0.4, 0.5) is 0 Å². The van der Waals surface area contributed by atoms with Crippen molar-refractivity contribution in [3.8, 4) is 0 Å². The van der Waals surface area contributed by atoms with Crippen LogP contribution in [-0.2, 0) is 4.74 Å². The van der Waals surface area contributed by atoms with Gasteiger partial charge in [0.1, 0.15) is 0 Å². The molecule has 0 aliphatic heterocycles. The predicted octanol–water partition coefficient (Wildman–Crippen LogP) is 2.93. The van der Waals surface area contributed by atoms with Gasteiger partial charge in [0.25, 0.3) is 0 Å². The van der Waals surface area contributed by atoms with Crippen LogP contribution in [0.15, 0.2) is 23.8 Å². The average molecular weight is 166 g/mol. The Hall–Kier alpha value is -0.560. The molecule has 0 saturated carbocycles. The van der Waals surface area contributed by atoms with E-state index < -0.39 is 0 Å². The lowest BCUT2D eigenvalue weighted by Gasteiger charge is -2.21. The molecule has 0 N–H and O–H groups in total. The number of ether oxygens (including phenoxy) is 1. The molecule has 0 aromatic heterocycles. The third-order valence-corrected chi connectivity index (χ3v) is 2.31. The van der Waals surface area contributed by atoms with Crippen molar-refractivity contribution in [1.82, 2.24) is 0 Å². The van der Waals surface area contributed by atoms with Crippen LogP contribution in [-0.4, -0.2) is 13.2 Å². The van der Waals surface area contributed by atoms with Gasteiger partial charge in [0, 0.05) is 13.0 Å². The first kappa shape index (κ1) is 9.53. The van der Waals surface area contributed by atoms with Gasteiger partial charge in [0.15, 0.2) is 0 Å². The van der Waals surface area contributed by atoms with Crippen LogP contribution in [0.2, 0.25) is 0 Å². The lowest BCUT2D eigenvalue weighted by atomic mass is 9.93. The van der Waals surface area contributed by atoms with Crippen LogP contribution >= 0.6 is 0 Å². The highest BCUT2D eigenvalue weighted by Crippen LogP contribution is 2.21. The summed E-state index contributed by atoms with van der Waals surface area (Å²) in [5.74, 6) is 0.529. The highest BCUT2D eigenvalue weighted by atomic mass is 16.5. The Morgan fingerprint density at radius 2 is 2.25 bits per heavy atom. The van der Waals surface area contributed by atoms with Crippen LogP contribution in [0.1, 0.15) is 26.7 Å². The minimum Gasteiger partial charge on any atom is -0.377 e. The lowest BCUT2D eigenvalue weighted by molar-refractivity contribution is 0.111. The summed E-state index contributed by atoms with van der Waals surface area (Å²) < 4.78 is 5.30. The van der Waals surface area contributed by atoms with Gasteiger partial charge in [-0.05, 0) is 6.42 Å². The maximum atomic E-state index is 5.30. The Bertz CT molecular complexity index is 191. The highest BCUT2D eigenvalue weighted by Gasteiger charge is 2.14. The zero-order valence-electron chi connectivity index (χ0n) is 8.21. The molecule has 1 aliphatic carbocycles. The van der Waals surface area contributed by atoms with Gasteiger partial charge in [-0.1, -0.05) is 44.1 Å². The predicted molar refractivity (Wildman–Crippen MR) is 52.1 cm³/mol. The van der Waals surface area contributed by atoms with Crippen molar-refractivity contribution in [1.29, 1.82) is 0 Å². The maximum absolute atomic E-state index is 5.30. The van der Waals surface area contributed by atoms with Gasteiger partial charge in [-0.25, -0.2) is 0 Å². The van der Waals surface area contributed by atoms with Crippen molar-refractivity contribution >= 4 is 0 Å². The normalized spacial score (nSPS) is 28.8. The fourth-order valence-electron chi connectivity index (χ4n) is 1.63. The molecule has 2 atom stereocenters. The Kier molecular flexibility index (Phi) is 3.54. The fraction of sp³-hybridized carbons (Fsp3) is 0.636. The van der Waals surface area contributed by atoms with E-state index >= 15 is 0 Å². The van der Waals surface area contributed by atoms with Crippen LogP contribution in [0.25, 0.3) is 0 Å². The van der Waals surface area contributed by atoms with Crippen molar-refractivity contribution in [3.05, 3.63) is 23.8 Å². The monoisotopic (exact) mass is 166 g/mol. The quantitative estimate of drug-likeness (QED) is 0.626. The summed E-state index contributed by atoms with van der Waals surface area (Å²) in [6.07, 6.45) is 9.37. The topological polar surface area (TPSA) is 9.23 Å². The third-order valence-electron chi connectivity index (χ3n) is 2.31. The van der Waals surface area contributed by atoms with Crippen molar-refractivity contribution in [2.45, 2.75) is 32.8 Å². The van der Waals surface area contributed by atoms with E-state index in [9.17, 15) is 0 Å². The minimum absolute atomic E-state index is 0.283. The van der Waals surface area contributed by atoms with E-state index in [4.69, 9.17) is 4.74 Å². The molecule has 2 unspecified atom stereocenters. The third kappa shape index (κ3) is 2.21. The smallest absolute Gasteiger partial charge is 0.0815 e. The first-order valence-electron chi connectivity index (χ1n) is 4.69. The van der Waals surface area contributed by atoms with E-state index in [1.54, 1.807) is 7.11 Å². The molecule has 12 heavy (non-hydrogen) atoms. The number of hydrogen-bond acceptors (Lipinski definition) is 1. The van der Waals surface area contributed by atoms with Gasteiger partial charge in [-0.3, -0.25) is 0 Å². The molecule has 0 aromatic carbocycles. The molecule has 68 valence electrons. The van der Waals surface area contributed by atoms with Crippen LogP contribution < -0.4 is 0 Å². The van der Waals surface area contributed by atoms with Crippen molar-refractivity contribution in [2.75, 3.05) is 7.11 Å². The Labute approximate surface area is 75.1 Å². The van der Waals surface area contributed by atoms with Crippen molar-refractivity contribution < 1.29 is 4.74 Å². The zero-order valence-corrected chi connectivity index (χ0v) is 8.21. The van der Waals surface area contributed by atoms with E-state index in [1.165, 1.54) is 18.4 Å². The number of methoxy groups -OCH3 is 1. The summed E-state index contributed by atoms with van der Waals surface area (Å²) in [6, 6.07) is 0. The SMILES string of the molecule is CCCC1=CC(C)C(OC)C=C1. The average Bonchev–Trinajstić information content (AvgIpc) is 2.05. The fourth-order valence-corrected chi connectivity index (χ4v) is 1.63. The van der Waals surface area contributed by atoms with Crippen LogP contribution in [0.5, 0.6) is 0 Å². The van der Waals surface area contributed by atoms with Crippen LogP contribution in [0.3, 0.4) is 0 Å². The van der Waals surface area contributed by atoms with Gasteiger partial charge in [-0.15, -0.1) is 0 Å². The van der Waals surface area contributed by atoms with E-state index in [0.29, 0.717) is 5.92 Å². The molecule has 0 saturated heterocycles. The zero-order chi connectivity index (χ0) is 8.97. The standard InChI is InChI=1S/C11H18O/c1-4-5-10-6-7-11(12-3)9(2)8-10/h6-9,11H,4-5H2,1-3H3. The van der Waals surface area contributed by atoms with E-state index in [2.05, 4.69) is 32.1 Å². The summed E-state index contributed by atoms with van der Waals surface area (Å²) >= 11 is 0. The molecule has 0 heterocycles. The van der Waals surface area contributed by atoms with E-state index in [1.807, 2.05) is 0 Å². The second kappa shape index (κ2) is 4.46. The maximum Gasteiger partial charge on any atom is 0.0815 e. The van der Waals surface area contributed by atoms with Gasteiger partial charge < -0.3 is 4.74 Å². The molecule has 0 bridgehead atoms. The molecule has 0 amide bonds. The summed E-state index contributed by atoms with van der Waals surface area (Å²) in [5.41, 5.74) is 1.46. The lowest BCUT2D eigenvalue weighted by Crippen LogP contribution is -2.18. The molecule has 0 radical (unpaired) electrons. The Morgan fingerprint density at radius 1 is 1.50 bits per heavy atom. The summed E-state index contributed by atoms with van der Waals surface area (Å²) in [4.78, 5) is 0. The molecular formula is C11H18O. The summed E-state index contributed by atoms with van der Waals surface area (Å²) in [6.45, 7) is 4.41. The molecule has 1 aliphatic rings. The number of allylic oxidation sites excluding steroid dienone is 2. The van der Waals surface area contributed by atoms with Crippen molar-refractivity contribution in [2.24, 2.45) is 5.92 Å². The second-order valence-corrected chi connectivity index (χ2v) is 3.41. The largest absolute Gasteiger partial charge is 0.377 e. The molecule has 1 rings (SSSR count). The van der Waals surface area contributed by atoms with Crippen molar-refractivity contribution in [3.63, 3.8) is 0 Å². The molecule has 1 heteroatoms. The first-order valence-corrected chi connectivity index (χ1v) is 4.69. The first-order chi connectivity index (χ1) is 5.77. The molecule has 0 fully saturated rings. The van der Waals surface area contributed by atoms with Crippen LogP contribution in [0, 0.1) is 5.92 Å². The molecular weight excluding hydrogens is 148 g/mol.